The van der Waals surface area contributed by atoms with Crippen molar-refractivity contribution in [3.05, 3.63) is 42.5 Å². The molecule has 8 nitrogen and oxygen atoms in total. The Balaban J connectivity index is 1.58. The number of carbonyl (C=O) groups excluding carboxylic acids is 1. The number of nitrogens with one attached hydrogen (secondary N) is 3. The van der Waals surface area contributed by atoms with E-state index in [2.05, 4.69) is 15.4 Å². The van der Waals surface area contributed by atoms with Crippen LogP contribution in [0.3, 0.4) is 0 Å². The van der Waals surface area contributed by atoms with Gasteiger partial charge >= 0.3 is 0 Å². The van der Waals surface area contributed by atoms with E-state index in [0.29, 0.717) is 28.6 Å². The number of benzene rings is 2. The highest BCUT2D eigenvalue weighted by atomic mass is 32.2. The molecule has 0 fully saturated rings. The summed E-state index contributed by atoms with van der Waals surface area (Å²) in [6.07, 6.45) is 1.09. The quantitative estimate of drug-likeness (QED) is 0.713. The molecule has 0 aliphatic carbocycles. The fraction of sp³-hybridized carbons (Fsp3) is 0.235. The van der Waals surface area contributed by atoms with Crippen molar-refractivity contribution in [3.8, 4) is 11.5 Å². The van der Waals surface area contributed by atoms with Gasteiger partial charge in [-0.05, 0) is 43.3 Å². The molecule has 1 atom stereocenters. The molecule has 2 aromatic carbocycles. The lowest BCUT2D eigenvalue weighted by atomic mass is 10.2. The van der Waals surface area contributed by atoms with E-state index in [-0.39, 0.29) is 12.7 Å². The Morgan fingerprint density at radius 2 is 1.62 bits per heavy atom. The predicted octanol–water partition coefficient (Wildman–Crippen LogP) is 2.23. The van der Waals surface area contributed by atoms with E-state index >= 15 is 0 Å². The van der Waals surface area contributed by atoms with Crippen molar-refractivity contribution in [1.29, 1.82) is 0 Å². The van der Waals surface area contributed by atoms with Gasteiger partial charge in [0.1, 0.15) is 6.04 Å². The maximum atomic E-state index is 12.3. The standard InChI is InChI=1S/C17H19N3O5S/c1-11(18-12-3-5-13(6-4-12)20-26(2,22)23)17(21)19-14-7-8-15-16(9-14)25-10-24-15/h3-9,11,18,20H,10H2,1-2H3,(H,19,21)/t11-/m0/s1. The highest BCUT2D eigenvalue weighted by Gasteiger charge is 2.17. The van der Waals surface area contributed by atoms with E-state index in [9.17, 15) is 13.2 Å². The Labute approximate surface area is 151 Å². The summed E-state index contributed by atoms with van der Waals surface area (Å²) in [6.45, 7) is 1.90. The zero-order chi connectivity index (χ0) is 18.7. The second-order valence-corrected chi connectivity index (χ2v) is 7.62. The molecule has 3 rings (SSSR count). The molecule has 0 radical (unpaired) electrons. The van der Waals surface area contributed by atoms with Crippen molar-refractivity contribution in [2.24, 2.45) is 0 Å². The first kappa shape index (κ1) is 17.9. The second kappa shape index (κ2) is 7.12. The molecule has 2 aromatic rings. The van der Waals surface area contributed by atoms with Gasteiger partial charge in [-0.1, -0.05) is 0 Å². The molecule has 1 amide bonds. The van der Waals surface area contributed by atoms with E-state index in [4.69, 9.17) is 9.47 Å². The van der Waals surface area contributed by atoms with Crippen LogP contribution in [0, 0.1) is 0 Å². The third-order valence-corrected chi connectivity index (χ3v) is 4.21. The molecular weight excluding hydrogens is 358 g/mol. The number of carbonyl (C=O) groups is 1. The van der Waals surface area contributed by atoms with Crippen LogP contribution in [0.1, 0.15) is 6.92 Å². The van der Waals surface area contributed by atoms with Crippen LogP contribution < -0.4 is 24.8 Å². The average Bonchev–Trinajstić information content (AvgIpc) is 3.03. The Morgan fingerprint density at radius 1 is 1.00 bits per heavy atom. The van der Waals surface area contributed by atoms with Crippen LogP contribution >= 0.6 is 0 Å². The number of sulfonamides is 1. The number of ether oxygens (including phenoxy) is 2. The van der Waals surface area contributed by atoms with Gasteiger partial charge in [0.2, 0.25) is 22.7 Å². The second-order valence-electron chi connectivity index (χ2n) is 5.87. The molecule has 0 bridgehead atoms. The van der Waals surface area contributed by atoms with Crippen LogP contribution in [0.4, 0.5) is 17.1 Å². The molecule has 138 valence electrons. The Morgan fingerprint density at radius 3 is 2.31 bits per heavy atom. The van der Waals surface area contributed by atoms with Crippen LogP contribution in [0.5, 0.6) is 11.5 Å². The number of amides is 1. The van der Waals surface area contributed by atoms with Gasteiger partial charge in [0.15, 0.2) is 11.5 Å². The summed E-state index contributed by atoms with van der Waals surface area (Å²) in [6, 6.07) is 11.3. The van der Waals surface area contributed by atoms with Crippen molar-refractivity contribution >= 4 is 33.0 Å². The SMILES string of the molecule is C[C@H](Nc1ccc(NS(C)(=O)=O)cc1)C(=O)Nc1ccc2c(c1)OCO2. The third kappa shape index (κ3) is 4.57. The molecule has 9 heteroatoms. The summed E-state index contributed by atoms with van der Waals surface area (Å²) < 4.78 is 35.3. The lowest BCUT2D eigenvalue weighted by molar-refractivity contribution is -0.116. The molecule has 0 saturated heterocycles. The van der Waals surface area contributed by atoms with Gasteiger partial charge in [0, 0.05) is 23.1 Å². The van der Waals surface area contributed by atoms with Crippen LogP contribution in [-0.2, 0) is 14.8 Å². The predicted molar refractivity (Wildman–Crippen MR) is 99.2 cm³/mol. The fourth-order valence-corrected chi connectivity index (χ4v) is 2.95. The first-order valence-corrected chi connectivity index (χ1v) is 9.74. The lowest BCUT2D eigenvalue weighted by Gasteiger charge is -2.16. The highest BCUT2D eigenvalue weighted by Crippen LogP contribution is 2.34. The number of hydrogen-bond acceptors (Lipinski definition) is 6. The number of rotatable bonds is 6. The van der Waals surface area contributed by atoms with Gasteiger partial charge in [-0.25, -0.2) is 8.42 Å². The fourth-order valence-electron chi connectivity index (χ4n) is 2.39. The largest absolute Gasteiger partial charge is 0.454 e. The average molecular weight is 377 g/mol. The van der Waals surface area contributed by atoms with Gasteiger partial charge in [-0.3, -0.25) is 9.52 Å². The smallest absolute Gasteiger partial charge is 0.246 e. The maximum Gasteiger partial charge on any atom is 0.246 e. The van der Waals surface area contributed by atoms with Crippen LogP contribution in [0.25, 0.3) is 0 Å². The zero-order valence-corrected chi connectivity index (χ0v) is 15.1. The minimum atomic E-state index is -3.32. The zero-order valence-electron chi connectivity index (χ0n) is 14.3. The molecule has 0 unspecified atom stereocenters. The third-order valence-electron chi connectivity index (χ3n) is 3.60. The van der Waals surface area contributed by atoms with E-state index in [1.807, 2.05) is 0 Å². The summed E-state index contributed by atoms with van der Waals surface area (Å²) in [4.78, 5) is 12.3. The number of hydrogen-bond donors (Lipinski definition) is 3. The van der Waals surface area contributed by atoms with Crippen molar-refractivity contribution < 1.29 is 22.7 Å². The van der Waals surface area contributed by atoms with E-state index in [0.717, 1.165) is 6.26 Å². The Bertz CT molecular complexity index is 912. The molecule has 1 aliphatic heterocycles. The minimum Gasteiger partial charge on any atom is -0.454 e. The van der Waals surface area contributed by atoms with Gasteiger partial charge in [0.05, 0.1) is 6.26 Å². The molecule has 1 aliphatic rings. The van der Waals surface area contributed by atoms with E-state index in [1.165, 1.54) is 0 Å². The highest BCUT2D eigenvalue weighted by molar-refractivity contribution is 7.92. The maximum absolute atomic E-state index is 12.3. The van der Waals surface area contributed by atoms with Gasteiger partial charge in [0.25, 0.3) is 0 Å². The monoisotopic (exact) mass is 377 g/mol. The molecule has 0 spiro atoms. The molecule has 1 heterocycles. The molecular formula is C17H19N3O5S. The van der Waals surface area contributed by atoms with Crippen molar-refractivity contribution in [3.63, 3.8) is 0 Å². The van der Waals surface area contributed by atoms with Crippen molar-refractivity contribution in [1.82, 2.24) is 0 Å². The summed E-state index contributed by atoms with van der Waals surface area (Å²) >= 11 is 0. The van der Waals surface area contributed by atoms with Crippen LogP contribution in [0.2, 0.25) is 0 Å². The normalized spacial score (nSPS) is 13.8. The molecule has 0 saturated carbocycles. The van der Waals surface area contributed by atoms with E-state index < -0.39 is 16.1 Å². The Kier molecular flexibility index (Phi) is 4.90. The van der Waals surface area contributed by atoms with E-state index in [1.54, 1.807) is 49.4 Å². The molecule has 26 heavy (non-hydrogen) atoms. The first-order valence-electron chi connectivity index (χ1n) is 7.85. The van der Waals surface area contributed by atoms with Crippen LogP contribution in [-0.4, -0.2) is 33.4 Å². The number of fused-ring (bicyclic) bond motifs is 1. The lowest BCUT2D eigenvalue weighted by Crippen LogP contribution is -2.31. The topological polar surface area (TPSA) is 106 Å². The van der Waals surface area contributed by atoms with Crippen LogP contribution in [0.15, 0.2) is 42.5 Å². The van der Waals surface area contributed by atoms with Gasteiger partial charge in [-0.2, -0.15) is 0 Å². The summed E-state index contributed by atoms with van der Waals surface area (Å²) in [5.74, 6) is 1.02. The van der Waals surface area contributed by atoms with Crippen molar-refractivity contribution in [2.75, 3.05) is 28.4 Å². The summed E-state index contributed by atoms with van der Waals surface area (Å²) in [5.41, 5.74) is 1.76. The van der Waals surface area contributed by atoms with Gasteiger partial charge < -0.3 is 20.1 Å². The first-order chi connectivity index (χ1) is 12.3. The summed E-state index contributed by atoms with van der Waals surface area (Å²) in [5, 5.41) is 5.86. The number of anilines is 3. The summed E-state index contributed by atoms with van der Waals surface area (Å²) in [7, 11) is -3.32. The van der Waals surface area contributed by atoms with Crippen molar-refractivity contribution in [2.45, 2.75) is 13.0 Å². The Hall–Kier alpha value is -2.94. The van der Waals surface area contributed by atoms with Gasteiger partial charge in [-0.15, -0.1) is 0 Å². The molecule has 3 N–H and O–H groups in total. The molecule has 0 aromatic heterocycles. The minimum absolute atomic E-state index is 0.175.